The Kier molecular flexibility index (Phi) is 8.33. The molecule has 6 nitrogen and oxygen atoms in total. The minimum absolute atomic E-state index is 0.0196. The molecule has 1 aromatic carbocycles. The van der Waals surface area contributed by atoms with E-state index in [-0.39, 0.29) is 12.5 Å². The van der Waals surface area contributed by atoms with Crippen LogP contribution in [0.25, 0.3) is 0 Å². The fraction of sp³-hybridized carbons (Fsp3) is 0.652. The molecule has 1 amide bonds. The molecule has 2 aliphatic rings. The first kappa shape index (κ1) is 21.6. The van der Waals surface area contributed by atoms with E-state index < -0.39 is 0 Å². The van der Waals surface area contributed by atoms with E-state index in [9.17, 15) is 10.1 Å². The number of rotatable bonds is 8. The first-order chi connectivity index (χ1) is 14.2. The molecule has 1 saturated heterocycles. The van der Waals surface area contributed by atoms with Crippen molar-refractivity contribution in [2.75, 3.05) is 50.8 Å². The molecule has 1 saturated carbocycles. The number of ether oxygens (including phenoxy) is 1. The number of anilines is 1. The number of amides is 1. The lowest BCUT2D eigenvalue weighted by Crippen LogP contribution is -2.47. The standard InChI is InChI=1S/C23H34N4O2/c1-2-29-18-23(28)25-21-9-7-19(8-10-21)11-12-26-13-15-27(16-14-26)22-6-4-3-5-20(22)17-24/h3-6,19,21H,2,7-16,18H2,1H3,(H,25,28)/t19-,21-. The van der Waals surface area contributed by atoms with E-state index >= 15 is 0 Å². The summed E-state index contributed by atoms with van der Waals surface area (Å²) in [5.74, 6) is 0.790. The van der Waals surface area contributed by atoms with Gasteiger partial charge in [-0.3, -0.25) is 9.69 Å². The molecule has 6 heteroatoms. The molecule has 0 bridgehead atoms. The van der Waals surface area contributed by atoms with Crippen LogP contribution >= 0.6 is 0 Å². The fourth-order valence-corrected chi connectivity index (χ4v) is 4.48. The monoisotopic (exact) mass is 398 g/mol. The normalized spacial score (nSPS) is 22.8. The van der Waals surface area contributed by atoms with Gasteiger partial charge in [-0.1, -0.05) is 12.1 Å². The zero-order valence-electron chi connectivity index (χ0n) is 17.6. The van der Waals surface area contributed by atoms with Crippen molar-refractivity contribution in [2.45, 2.75) is 45.1 Å². The number of nitrogens with one attached hydrogen (secondary N) is 1. The van der Waals surface area contributed by atoms with E-state index in [1.54, 1.807) is 0 Å². The molecule has 0 radical (unpaired) electrons. The van der Waals surface area contributed by atoms with Crippen LogP contribution in [0.15, 0.2) is 24.3 Å². The van der Waals surface area contributed by atoms with Crippen LogP contribution in [0.2, 0.25) is 0 Å². The lowest BCUT2D eigenvalue weighted by Gasteiger charge is -2.37. The Bertz CT molecular complexity index is 686. The average molecular weight is 399 g/mol. The molecule has 1 N–H and O–H groups in total. The Balaban J connectivity index is 1.33. The van der Waals surface area contributed by atoms with Crippen LogP contribution in [0.3, 0.4) is 0 Å². The number of benzene rings is 1. The van der Waals surface area contributed by atoms with Gasteiger partial charge in [-0.25, -0.2) is 0 Å². The molecule has 2 fully saturated rings. The van der Waals surface area contributed by atoms with E-state index in [1.807, 2.05) is 25.1 Å². The van der Waals surface area contributed by atoms with Gasteiger partial charge < -0.3 is 15.0 Å². The lowest BCUT2D eigenvalue weighted by molar-refractivity contribution is -0.126. The Morgan fingerprint density at radius 2 is 1.90 bits per heavy atom. The van der Waals surface area contributed by atoms with E-state index in [0.717, 1.165) is 62.7 Å². The van der Waals surface area contributed by atoms with Crippen LogP contribution in [0.4, 0.5) is 5.69 Å². The van der Waals surface area contributed by atoms with E-state index in [1.165, 1.54) is 19.3 Å². The predicted molar refractivity (Wildman–Crippen MR) is 115 cm³/mol. The van der Waals surface area contributed by atoms with Crippen molar-refractivity contribution in [3.63, 3.8) is 0 Å². The Labute approximate surface area is 174 Å². The molecule has 1 aromatic rings. The third-order valence-corrected chi connectivity index (χ3v) is 6.24. The van der Waals surface area contributed by atoms with E-state index in [0.29, 0.717) is 12.6 Å². The van der Waals surface area contributed by atoms with Crippen molar-refractivity contribution < 1.29 is 9.53 Å². The second-order valence-corrected chi connectivity index (χ2v) is 8.17. The van der Waals surface area contributed by atoms with Crippen LogP contribution in [0, 0.1) is 17.2 Å². The van der Waals surface area contributed by atoms with Gasteiger partial charge in [0, 0.05) is 38.8 Å². The molecule has 0 aromatic heterocycles. The number of piperazine rings is 1. The molecule has 0 spiro atoms. The summed E-state index contributed by atoms with van der Waals surface area (Å²) in [5, 5.41) is 12.4. The van der Waals surface area contributed by atoms with E-state index in [2.05, 4.69) is 27.3 Å². The van der Waals surface area contributed by atoms with Crippen LogP contribution in [-0.4, -0.2) is 62.8 Å². The van der Waals surface area contributed by atoms with Crippen LogP contribution in [0.1, 0.15) is 44.6 Å². The average Bonchev–Trinajstić information content (AvgIpc) is 2.77. The maximum absolute atomic E-state index is 11.8. The fourth-order valence-electron chi connectivity index (χ4n) is 4.48. The van der Waals surface area contributed by atoms with Crippen LogP contribution < -0.4 is 10.2 Å². The van der Waals surface area contributed by atoms with Gasteiger partial charge in [0.15, 0.2) is 0 Å². The van der Waals surface area contributed by atoms with Gasteiger partial charge in [-0.2, -0.15) is 5.26 Å². The highest BCUT2D eigenvalue weighted by Gasteiger charge is 2.24. The third kappa shape index (κ3) is 6.45. The van der Waals surface area contributed by atoms with Gasteiger partial charge in [-0.05, 0) is 63.6 Å². The molecular formula is C23H34N4O2. The van der Waals surface area contributed by atoms with Crippen LogP contribution in [-0.2, 0) is 9.53 Å². The molecular weight excluding hydrogens is 364 g/mol. The maximum Gasteiger partial charge on any atom is 0.246 e. The smallest absolute Gasteiger partial charge is 0.246 e. The second-order valence-electron chi connectivity index (χ2n) is 8.17. The van der Waals surface area contributed by atoms with Gasteiger partial charge in [-0.15, -0.1) is 0 Å². The highest BCUT2D eigenvalue weighted by atomic mass is 16.5. The van der Waals surface area contributed by atoms with Gasteiger partial charge in [0.25, 0.3) is 0 Å². The summed E-state index contributed by atoms with van der Waals surface area (Å²) in [7, 11) is 0. The summed E-state index contributed by atoms with van der Waals surface area (Å²) in [4.78, 5) is 16.7. The van der Waals surface area contributed by atoms with Crippen molar-refractivity contribution in [3.8, 4) is 6.07 Å². The quantitative estimate of drug-likeness (QED) is 0.729. The summed E-state index contributed by atoms with van der Waals surface area (Å²) < 4.78 is 5.18. The summed E-state index contributed by atoms with van der Waals surface area (Å²) in [6.45, 7) is 7.91. The number of para-hydroxylation sites is 1. The number of hydrogen-bond acceptors (Lipinski definition) is 5. The first-order valence-corrected chi connectivity index (χ1v) is 11.0. The molecule has 0 unspecified atom stereocenters. The van der Waals surface area contributed by atoms with Gasteiger partial charge >= 0.3 is 0 Å². The largest absolute Gasteiger partial charge is 0.372 e. The van der Waals surface area contributed by atoms with Crippen molar-refractivity contribution in [1.29, 1.82) is 5.26 Å². The SMILES string of the molecule is CCOCC(=O)N[C@H]1CC[C@H](CCN2CCN(c3ccccc3C#N)CC2)CC1. The maximum atomic E-state index is 11.8. The topological polar surface area (TPSA) is 68.6 Å². The second kappa shape index (κ2) is 11.2. The van der Waals surface area contributed by atoms with Gasteiger partial charge in [0.05, 0.1) is 11.3 Å². The third-order valence-electron chi connectivity index (χ3n) is 6.24. The lowest BCUT2D eigenvalue weighted by atomic mass is 9.84. The summed E-state index contributed by atoms with van der Waals surface area (Å²) in [6, 6.07) is 10.5. The number of nitrogens with zero attached hydrogens (tertiary/aromatic N) is 3. The predicted octanol–water partition coefficient (Wildman–Crippen LogP) is 2.78. The molecule has 29 heavy (non-hydrogen) atoms. The molecule has 1 aliphatic heterocycles. The minimum Gasteiger partial charge on any atom is -0.372 e. The molecule has 0 atom stereocenters. The van der Waals surface area contributed by atoms with E-state index in [4.69, 9.17) is 4.74 Å². The van der Waals surface area contributed by atoms with Gasteiger partial charge in [0.1, 0.15) is 12.7 Å². The summed E-state index contributed by atoms with van der Waals surface area (Å²) in [6.07, 6.45) is 5.82. The Hall–Kier alpha value is -2.10. The first-order valence-electron chi connectivity index (χ1n) is 11.0. The number of carbonyl (C=O) groups is 1. The number of carbonyl (C=O) groups excluding carboxylic acids is 1. The van der Waals surface area contributed by atoms with Crippen molar-refractivity contribution in [2.24, 2.45) is 5.92 Å². The zero-order valence-corrected chi connectivity index (χ0v) is 17.6. The number of nitriles is 1. The molecule has 3 rings (SSSR count). The highest BCUT2D eigenvalue weighted by Crippen LogP contribution is 2.27. The minimum atomic E-state index is 0.0196. The Morgan fingerprint density at radius 3 is 2.59 bits per heavy atom. The van der Waals surface area contributed by atoms with Crippen LogP contribution in [0.5, 0.6) is 0 Å². The zero-order chi connectivity index (χ0) is 20.5. The molecule has 1 heterocycles. The number of hydrogen-bond donors (Lipinski definition) is 1. The highest BCUT2D eigenvalue weighted by molar-refractivity contribution is 5.77. The van der Waals surface area contributed by atoms with Gasteiger partial charge in [0.2, 0.25) is 5.91 Å². The van der Waals surface area contributed by atoms with Crippen molar-refractivity contribution >= 4 is 11.6 Å². The molecule has 1 aliphatic carbocycles. The van der Waals surface area contributed by atoms with Crippen molar-refractivity contribution in [3.05, 3.63) is 29.8 Å². The molecule has 158 valence electrons. The summed E-state index contributed by atoms with van der Waals surface area (Å²) in [5.41, 5.74) is 1.84. The summed E-state index contributed by atoms with van der Waals surface area (Å²) >= 11 is 0. The van der Waals surface area contributed by atoms with Crippen molar-refractivity contribution in [1.82, 2.24) is 10.2 Å². The Morgan fingerprint density at radius 1 is 1.17 bits per heavy atom.